The second-order valence-electron chi connectivity index (χ2n) is 8.57. The minimum Gasteiger partial charge on any atom is -0.490 e. The number of imide groups is 1. The molecule has 1 saturated carbocycles. The number of halogens is 1. The van der Waals surface area contributed by atoms with E-state index in [0.717, 1.165) is 31.2 Å². The van der Waals surface area contributed by atoms with Gasteiger partial charge in [-0.15, -0.1) is 0 Å². The minimum absolute atomic E-state index is 0.0358. The van der Waals surface area contributed by atoms with Crippen LogP contribution in [0.3, 0.4) is 0 Å². The number of carbonyl (C=O) groups excluding carboxylic acids is 3. The molecule has 9 heteroatoms. The van der Waals surface area contributed by atoms with Gasteiger partial charge in [-0.25, -0.2) is 14.0 Å². The van der Waals surface area contributed by atoms with E-state index in [0.29, 0.717) is 38.7 Å². The van der Waals surface area contributed by atoms with Gasteiger partial charge in [-0.05, 0) is 56.2 Å². The van der Waals surface area contributed by atoms with Gasteiger partial charge in [0.05, 0.1) is 12.6 Å². The Labute approximate surface area is 181 Å². The second kappa shape index (κ2) is 9.11. The Balaban J connectivity index is 1.26. The summed E-state index contributed by atoms with van der Waals surface area (Å²) in [5.41, 5.74) is 0.854. The average Bonchev–Trinajstić information content (AvgIpc) is 3.42. The van der Waals surface area contributed by atoms with E-state index in [2.05, 4.69) is 5.32 Å². The molecule has 1 aromatic rings. The molecule has 0 aromatic heterocycles. The fourth-order valence-corrected chi connectivity index (χ4v) is 4.00. The third-order valence-corrected chi connectivity index (χ3v) is 6.18. The normalized spacial score (nSPS) is 19.9. The average molecular weight is 432 g/mol. The first-order valence-electron chi connectivity index (χ1n) is 11.0. The molecule has 1 atom stereocenters. The van der Waals surface area contributed by atoms with Gasteiger partial charge in [0.15, 0.2) is 11.6 Å². The van der Waals surface area contributed by atoms with Crippen molar-refractivity contribution in [2.75, 3.05) is 39.3 Å². The van der Waals surface area contributed by atoms with Crippen LogP contribution in [0.15, 0.2) is 18.2 Å². The van der Waals surface area contributed by atoms with Crippen LogP contribution < -0.4 is 10.1 Å². The molecule has 1 aromatic carbocycles. The molecule has 3 aliphatic rings. The van der Waals surface area contributed by atoms with Crippen molar-refractivity contribution in [1.82, 2.24) is 20.0 Å². The highest BCUT2D eigenvalue weighted by Gasteiger charge is 2.33. The van der Waals surface area contributed by atoms with Crippen molar-refractivity contribution in [2.45, 2.75) is 38.6 Å². The Bertz CT molecular complexity index is 860. The predicted octanol–water partition coefficient (Wildman–Crippen LogP) is 2.75. The fourth-order valence-electron chi connectivity index (χ4n) is 4.00. The first-order chi connectivity index (χ1) is 14.9. The van der Waals surface area contributed by atoms with Crippen molar-refractivity contribution in [3.05, 3.63) is 29.6 Å². The monoisotopic (exact) mass is 432 g/mol. The van der Waals surface area contributed by atoms with Crippen LogP contribution in [-0.4, -0.2) is 72.0 Å². The maximum Gasteiger partial charge on any atom is 0.324 e. The molecular formula is C22H29FN4O4. The summed E-state index contributed by atoms with van der Waals surface area (Å²) in [5.74, 6) is 0.143. The summed E-state index contributed by atoms with van der Waals surface area (Å²) in [6, 6.07) is 4.27. The Morgan fingerprint density at radius 3 is 2.55 bits per heavy atom. The van der Waals surface area contributed by atoms with Gasteiger partial charge in [-0.3, -0.25) is 10.1 Å². The Morgan fingerprint density at radius 2 is 1.87 bits per heavy atom. The van der Waals surface area contributed by atoms with E-state index in [1.807, 2.05) is 6.92 Å². The fraction of sp³-hybridized carbons (Fsp3) is 0.591. The third kappa shape index (κ3) is 5.08. The van der Waals surface area contributed by atoms with Crippen LogP contribution >= 0.6 is 0 Å². The number of hydrogen-bond donors (Lipinski definition) is 1. The Hall–Kier alpha value is -2.84. The summed E-state index contributed by atoms with van der Waals surface area (Å²) >= 11 is 0. The quantitative estimate of drug-likeness (QED) is 0.455. The zero-order valence-electron chi connectivity index (χ0n) is 17.8. The van der Waals surface area contributed by atoms with Gasteiger partial charge in [0.25, 0.3) is 0 Å². The van der Waals surface area contributed by atoms with Gasteiger partial charge >= 0.3 is 12.1 Å². The van der Waals surface area contributed by atoms with Gasteiger partial charge in [-0.2, -0.15) is 0 Å². The zero-order valence-corrected chi connectivity index (χ0v) is 17.8. The van der Waals surface area contributed by atoms with Crippen LogP contribution in [0.4, 0.5) is 14.0 Å². The van der Waals surface area contributed by atoms with E-state index < -0.39 is 0 Å². The number of unbranched alkanes of at least 4 members (excludes halogenated alkanes) is 1. The first-order valence-corrected chi connectivity index (χ1v) is 11.0. The number of hydrogen-bond acceptors (Lipinski definition) is 4. The standard InChI is InChI=1S/C22H29FN4O4/c1-15(17-6-7-18(23)19(12-17)31-14-16-4-5-16)27-11-10-25(22(27)30)8-2-3-9-26-13-20(28)24-21(26)29/h6-7,12,15-16H,2-5,8-11,13-14H2,1H3,(H,24,28,29)/t15-/m1/s1. The molecule has 8 nitrogen and oxygen atoms in total. The second-order valence-corrected chi connectivity index (χ2v) is 8.57. The van der Waals surface area contributed by atoms with Crippen LogP contribution in [-0.2, 0) is 4.79 Å². The molecule has 1 N–H and O–H groups in total. The molecular weight excluding hydrogens is 403 g/mol. The topological polar surface area (TPSA) is 82.2 Å². The van der Waals surface area contributed by atoms with Crippen LogP contribution in [0.2, 0.25) is 0 Å². The van der Waals surface area contributed by atoms with Crippen molar-refractivity contribution in [1.29, 1.82) is 0 Å². The molecule has 0 unspecified atom stereocenters. The molecule has 0 radical (unpaired) electrons. The van der Waals surface area contributed by atoms with E-state index in [1.165, 1.54) is 11.0 Å². The zero-order chi connectivity index (χ0) is 22.0. The third-order valence-electron chi connectivity index (χ3n) is 6.18. The number of ether oxygens (including phenoxy) is 1. The number of nitrogens with one attached hydrogen (secondary N) is 1. The summed E-state index contributed by atoms with van der Waals surface area (Å²) in [6.45, 7) is 4.94. The van der Waals surface area contributed by atoms with Gasteiger partial charge in [-0.1, -0.05) is 6.07 Å². The highest BCUT2D eigenvalue weighted by molar-refractivity contribution is 6.01. The predicted molar refractivity (Wildman–Crippen MR) is 111 cm³/mol. The van der Waals surface area contributed by atoms with Gasteiger partial charge in [0, 0.05) is 26.2 Å². The van der Waals surface area contributed by atoms with E-state index >= 15 is 0 Å². The number of amides is 5. The van der Waals surface area contributed by atoms with Crippen LogP contribution in [0, 0.1) is 11.7 Å². The highest BCUT2D eigenvalue weighted by Crippen LogP contribution is 2.32. The summed E-state index contributed by atoms with van der Waals surface area (Å²) in [5, 5.41) is 2.26. The van der Waals surface area contributed by atoms with Crippen molar-refractivity contribution in [3.8, 4) is 5.75 Å². The molecule has 0 bridgehead atoms. The number of nitrogens with zero attached hydrogens (tertiary/aromatic N) is 3. The van der Waals surface area contributed by atoms with Crippen molar-refractivity contribution in [2.24, 2.45) is 5.92 Å². The number of urea groups is 2. The Kier molecular flexibility index (Phi) is 6.29. The molecule has 1 aliphatic carbocycles. The van der Waals surface area contributed by atoms with E-state index in [-0.39, 0.29) is 42.1 Å². The van der Waals surface area contributed by atoms with Gasteiger partial charge in [0.2, 0.25) is 5.91 Å². The molecule has 2 heterocycles. The van der Waals surface area contributed by atoms with Crippen LogP contribution in [0.5, 0.6) is 5.75 Å². The first kappa shape index (κ1) is 21.4. The number of carbonyl (C=O) groups is 3. The summed E-state index contributed by atoms with van der Waals surface area (Å²) in [4.78, 5) is 40.7. The summed E-state index contributed by atoms with van der Waals surface area (Å²) in [6.07, 6.45) is 3.75. The van der Waals surface area contributed by atoms with Gasteiger partial charge < -0.3 is 19.4 Å². The number of benzene rings is 1. The smallest absolute Gasteiger partial charge is 0.324 e. The lowest BCUT2D eigenvalue weighted by atomic mass is 10.1. The SMILES string of the molecule is C[C@H](c1ccc(F)c(OCC2CC2)c1)N1CCN(CCCCN2CC(=O)NC2=O)C1=O. The lowest BCUT2D eigenvalue weighted by Gasteiger charge is -2.26. The van der Waals surface area contributed by atoms with E-state index in [9.17, 15) is 18.8 Å². The molecule has 5 amide bonds. The maximum absolute atomic E-state index is 14.1. The lowest BCUT2D eigenvalue weighted by Crippen LogP contribution is -2.34. The lowest BCUT2D eigenvalue weighted by molar-refractivity contribution is -0.118. The molecule has 168 valence electrons. The highest BCUT2D eigenvalue weighted by atomic mass is 19.1. The molecule has 2 saturated heterocycles. The van der Waals surface area contributed by atoms with Crippen molar-refractivity contribution >= 4 is 18.0 Å². The molecule has 2 aliphatic heterocycles. The van der Waals surface area contributed by atoms with Gasteiger partial charge in [0.1, 0.15) is 6.54 Å². The molecule has 3 fully saturated rings. The largest absolute Gasteiger partial charge is 0.490 e. The molecule has 4 rings (SSSR count). The van der Waals surface area contributed by atoms with E-state index in [4.69, 9.17) is 4.74 Å². The maximum atomic E-state index is 14.1. The van der Waals surface area contributed by atoms with Crippen molar-refractivity contribution < 1.29 is 23.5 Å². The summed E-state index contributed by atoms with van der Waals surface area (Å²) in [7, 11) is 0. The summed E-state index contributed by atoms with van der Waals surface area (Å²) < 4.78 is 19.7. The van der Waals surface area contributed by atoms with Crippen LogP contribution in [0.25, 0.3) is 0 Å². The van der Waals surface area contributed by atoms with Crippen LogP contribution in [0.1, 0.15) is 44.2 Å². The van der Waals surface area contributed by atoms with E-state index in [1.54, 1.807) is 21.9 Å². The van der Waals surface area contributed by atoms with Crippen molar-refractivity contribution in [3.63, 3.8) is 0 Å². The molecule has 0 spiro atoms. The Morgan fingerprint density at radius 1 is 1.13 bits per heavy atom. The molecule has 31 heavy (non-hydrogen) atoms. The number of rotatable bonds is 10. The minimum atomic E-state index is -0.376.